The second-order valence-corrected chi connectivity index (χ2v) is 8.67. The number of hydrogen-bond donors (Lipinski definition) is 1. The number of carbonyl (C=O) groups is 2. The number of para-hydroxylation sites is 1. The average Bonchev–Trinajstić information content (AvgIpc) is 3.40. The molecule has 1 aliphatic heterocycles. The normalized spacial score (nSPS) is 15.4. The van der Waals surface area contributed by atoms with Crippen LogP contribution in [0.2, 0.25) is 0 Å². The maximum Gasteiger partial charge on any atom is 0.283 e. The molecule has 9 heteroatoms. The minimum absolute atomic E-state index is 0.239. The van der Waals surface area contributed by atoms with Gasteiger partial charge in [-0.1, -0.05) is 54.2 Å². The molecule has 0 spiro atoms. The Hall–Kier alpha value is -3.85. The van der Waals surface area contributed by atoms with Gasteiger partial charge in [0.1, 0.15) is 17.2 Å². The molecule has 1 unspecified atom stereocenters. The molecule has 2 aromatic carbocycles. The molecular weight excluding hydrogens is 452 g/mol. The molecule has 0 fully saturated rings. The zero-order chi connectivity index (χ0) is 24.1. The van der Waals surface area contributed by atoms with Crippen LogP contribution < -0.4 is 15.0 Å². The van der Waals surface area contributed by atoms with E-state index in [-0.39, 0.29) is 11.8 Å². The van der Waals surface area contributed by atoms with Gasteiger partial charge in [-0.05, 0) is 49.2 Å². The first-order valence-electron chi connectivity index (χ1n) is 10.7. The van der Waals surface area contributed by atoms with Crippen LogP contribution in [0.4, 0.5) is 11.5 Å². The Morgan fingerprint density at radius 2 is 1.94 bits per heavy atom. The van der Waals surface area contributed by atoms with E-state index in [0.717, 1.165) is 11.3 Å². The number of aliphatic imine (C=N–C) groups is 1. The van der Waals surface area contributed by atoms with E-state index in [0.29, 0.717) is 34.6 Å². The second kappa shape index (κ2) is 10.4. The van der Waals surface area contributed by atoms with E-state index < -0.39 is 5.25 Å². The summed E-state index contributed by atoms with van der Waals surface area (Å²) in [7, 11) is 1.60. The first-order valence-corrected chi connectivity index (χ1v) is 11.6. The standard InChI is InChI=1S/C25H24N4O4S/c1-4-21(23(30)27-22-14-16(2)33-28-22)34-25-26-20(15-17-10-12-19(32-3)13-11-17)24(31)29(25)18-8-6-5-7-9-18/h5-15,21H,4H2,1-3H3,(H,27,28,30)/b20-15+. The van der Waals surface area contributed by atoms with Crippen molar-refractivity contribution in [1.29, 1.82) is 0 Å². The zero-order valence-corrected chi connectivity index (χ0v) is 19.8. The highest BCUT2D eigenvalue weighted by molar-refractivity contribution is 8.15. The van der Waals surface area contributed by atoms with E-state index in [1.165, 1.54) is 16.7 Å². The molecule has 174 valence electrons. The summed E-state index contributed by atoms with van der Waals surface area (Å²) in [5.74, 6) is 1.18. The third kappa shape index (κ3) is 5.20. The molecule has 3 aromatic rings. The predicted molar refractivity (Wildman–Crippen MR) is 134 cm³/mol. The summed E-state index contributed by atoms with van der Waals surface area (Å²) < 4.78 is 10.2. The Labute approximate surface area is 201 Å². The van der Waals surface area contributed by atoms with E-state index in [1.807, 2.05) is 61.5 Å². The Bertz CT molecular complexity index is 1240. The van der Waals surface area contributed by atoms with Gasteiger partial charge < -0.3 is 14.6 Å². The molecule has 2 heterocycles. The van der Waals surface area contributed by atoms with Crippen LogP contribution >= 0.6 is 11.8 Å². The SMILES string of the molecule is CCC(SC1=N/C(=C/c2ccc(OC)cc2)C(=O)N1c1ccccc1)C(=O)Nc1cc(C)on1. The molecule has 4 rings (SSSR count). The third-order valence-electron chi connectivity index (χ3n) is 5.05. The van der Waals surface area contributed by atoms with Gasteiger partial charge in [0.05, 0.1) is 18.0 Å². The number of carbonyl (C=O) groups excluding carboxylic acids is 2. The molecule has 0 saturated carbocycles. The number of hydrogen-bond acceptors (Lipinski definition) is 7. The number of nitrogens with zero attached hydrogens (tertiary/aromatic N) is 3. The summed E-state index contributed by atoms with van der Waals surface area (Å²) in [5, 5.41) is 6.54. The Morgan fingerprint density at radius 3 is 2.56 bits per heavy atom. The van der Waals surface area contributed by atoms with Crippen molar-refractivity contribution < 1.29 is 18.8 Å². The van der Waals surface area contributed by atoms with Crippen molar-refractivity contribution >= 4 is 46.3 Å². The summed E-state index contributed by atoms with van der Waals surface area (Å²) in [6.07, 6.45) is 2.26. The fourth-order valence-electron chi connectivity index (χ4n) is 3.32. The van der Waals surface area contributed by atoms with Gasteiger partial charge in [-0.2, -0.15) is 0 Å². The Balaban J connectivity index is 1.62. The number of thioether (sulfide) groups is 1. The van der Waals surface area contributed by atoms with Crippen LogP contribution in [0, 0.1) is 6.92 Å². The molecule has 0 aliphatic carbocycles. The van der Waals surface area contributed by atoms with Crippen molar-refractivity contribution in [2.45, 2.75) is 25.5 Å². The van der Waals surface area contributed by atoms with Crippen molar-refractivity contribution in [2.75, 3.05) is 17.3 Å². The van der Waals surface area contributed by atoms with Crippen LogP contribution in [0.3, 0.4) is 0 Å². The van der Waals surface area contributed by atoms with Gasteiger partial charge in [-0.25, -0.2) is 4.99 Å². The number of rotatable bonds is 7. The van der Waals surface area contributed by atoms with Gasteiger partial charge in [0.25, 0.3) is 5.91 Å². The number of aromatic nitrogens is 1. The van der Waals surface area contributed by atoms with Crippen molar-refractivity contribution in [3.63, 3.8) is 0 Å². The topological polar surface area (TPSA) is 97.0 Å². The molecular formula is C25H24N4O4S. The molecule has 0 saturated heterocycles. The van der Waals surface area contributed by atoms with Crippen LogP contribution in [0.5, 0.6) is 5.75 Å². The minimum atomic E-state index is -0.491. The highest BCUT2D eigenvalue weighted by atomic mass is 32.2. The van der Waals surface area contributed by atoms with Gasteiger partial charge in [0.2, 0.25) is 5.91 Å². The highest BCUT2D eigenvalue weighted by Gasteiger charge is 2.35. The van der Waals surface area contributed by atoms with Gasteiger partial charge in [-0.15, -0.1) is 0 Å². The van der Waals surface area contributed by atoms with E-state index >= 15 is 0 Å². The van der Waals surface area contributed by atoms with Gasteiger partial charge in [-0.3, -0.25) is 14.5 Å². The number of amidine groups is 1. The number of aryl methyl sites for hydroxylation is 1. The first-order chi connectivity index (χ1) is 16.5. The molecule has 2 amide bonds. The van der Waals surface area contributed by atoms with Crippen molar-refractivity contribution in [3.8, 4) is 5.75 Å². The summed E-state index contributed by atoms with van der Waals surface area (Å²) in [6, 6.07) is 18.3. The number of nitrogens with one attached hydrogen (secondary N) is 1. The van der Waals surface area contributed by atoms with Gasteiger partial charge in [0.15, 0.2) is 11.0 Å². The number of anilines is 2. The van der Waals surface area contributed by atoms with Crippen molar-refractivity contribution in [1.82, 2.24) is 5.16 Å². The highest BCUT2D eigenvalue weighted by Crippen LogP contribution is 2.32. The average molecular weight is 477 g/mol. The van der Waals surface area contributed by atoms with Crippen LogP contribution in [-0.4, -0.2) is 34.5 Å². The maximum absolute atomic E-state index is 13.4. The second-order valence-electron chi connectivity index (χ2n) is 7.50. The van der Waals surface area contributed by atoms with Crippen molar-refractivity contribution in [3.05, 3.63) is 77.7 Å². The third-order valence-corrected chi connectivity index (χ3v) is 6.37. The van der Waals surface area contributed by atoms with Crippen LogP contribution in [0.25, 0.3) is 6.08 Å². The lowest BCUT2D eigenvalue weighted by atomic mass is 10.2. The summed E-state index contributed by atoms with van der Waals surface area (Å²) in [4.78, 5) is 32.4. The summed E-state index contributed by atoms with van der Waals surface area (Å²) in [5.41, 5.74) is 1.79. The fourth-order valence-corrected chi connectivity index (χ4v) is 4.35. The number of benzene rings is 2. The molecule has 1 aliphatic rings. The first kappa shape index (κ1) is 23.3. The smallest absolute Gasteiger partial charge is 0.283 e. The van der Waals surface area contributed by atoms with Gasteiger partial charge >= 0.3 is 0 Å². The van der Waals surface area contributed by atoms with E-state index in [2.05, 4.69) is 15.5 Å². The van der Waals surface area contributed by atoms with Crippen LogP contribution in [0.15, 0.2) is 75.9 Å². The van der Waals surface area contributed by atoms with Crippen molar-refractivity contribution in [2.24, 2.45) is 4.99 Å². The predicted octanol–water partition coefficient (Wildman–Crippen LogP) is 4.89. The largest absolute Gasteiger partial charge is 0.497 e. The van der Waals surface area contributed by atoms with Crippen LogP contribution in [0.1, 0.15) is 24.7 Å². The molecule has 1 N–H and O–H groups in total. The number of ether oxygens (including phenoxy) is 1. The number of amides is 2. The number of methoxy groups -OCH3 is 1. The summed E-state index contributed by atoms with van der Waals surface area (Å²) >= 11 is 1.24. The quantitative estimate of drug-likeness (QED) is 0.488. The lowest BCUT2D eigenvalue weighted by Crippen LogP contribution is -2.34. The monoisotopic (exact) mass is 476 g/mol. The lowest BCUT2D eigenvalue weighted by Gasteiger charge is -2.20. The summed E-state index contributed by atoms with van der Waals surface area (Å²) in [6.45, 7) is 3.66. The van der Waals surface area contributed by atoms with E-state index in [9.17, 15) is 9.59 Å². The van der Waals surface area contributed by atoms with Gasteiger partial charge in [0, 0.05) is 6.07 Å². The Morgan fingerprint density at radius 1 is 1.21 bits per heavy atom. The Kier molecular flexibility index (Phi) is 7.12. The fraction of sp³-hybridized carbons (Fsp3) is 0.200. The van der Waals surface area contributed by atoms with E-state index in [1.54, 1.807) is 26.2 Å². The molecule has 0 radical (unpaired) electrons. The zero-order valence-electron chi connectivity index (χ0n) is 19.0. The molecule has 1 atom stereocenters. The van der Waals surface area contributed by atoms with Crippen LogP contribution in [-0.2, 0) is 9.59 Å². The minimum Gasteiger partial charge on any atom is -0.497 e. The molecule has 1 aromatic heterocycles. The molecule has 34 heavy (non-hydrogen) atoms. The maximum atomic E-state index is 13.4. The molecule has 8 nitrogen and oxygen atoms in total. The molecule has 0 bridgehead atoms. The lowest BCUT2D eigenvalue weighted by molar-refractivity contribution is -0.116. The van der Waals surface area contributed by atoms with E-state index in [4.69, 9.17) is 9.26 Å².